The van der Waals surface area contributed by atoms with Gasteiger partial charge in [-0.15, -0.1) is 24.0 Å². The molecule has 2 aromatic rings. The Kier molecular flexibility index (Phi) is 3.12. The number of aryl methyl sites for hydroxylation is 1. The molecule has 0 N–H and O–H groups in total. The Labute approximate surface area is 87.2 Å². The van der Waals surface area contributed by atoms with Crippen LogP contribution in [-0.2, 0) is 12.9 Å². The van der Waals surface area contributed by atoms with Crippen LogP contribution in [0.2, 0.25) is 0 Å². The summed E-state index contributed by atoms with van der Waals surface area (Å²) in [4.78, 5) is 8.49. The lowest BCUT2D eigenvalue weighted by atomic mass is 10.4. The van der Waals surface area contributed by atoms with Crippen LogP contribution in [0.15, 0.2) is 18.3 Å². The molecule has 0 radical (unpaired) electrons. The second-order valence-electron chi connectivity index (χ2n) is 2.57. The van der Waals surface area contributed by atoms with Crippen LogP contribution in [0.3, 0.4) is 0 Å². The molecule has 0 aromatic carbocycles. The van der Waals surface area contributed by atoms with E-state index in [9.17, 15) is 0 Å². The maximum atomic E-state index is 5.69. The molecule has 5 heteroatoms. The summed E-state index contributed by atoms with van der Waals surface area (Å²) in [5.41, 5.74) is 1.78. The first kappa shape index (κ1) is 10.3. The quantitative estimate of drug-likeness (QED) is 0.686. The molecule has 0 amide bonds. The third-order valence-corrected chi connectivity index (χ3v) is 2.08. The van der Waals surface area contributed by atoms with Crippen molar-refractivity contribution in [3.8, 4) is 0 Å². The molecular weight excluding hydrogens is 209 g/mol. The van der Waals surface area contributed by atoms with Gasteiger partial charge in [-0.1, -0.05) is 0 Å². The molecule has 13 heavy (non-hydrogen) atoms. The fraction of sp³-hybridized carbons (Fsp3) is 0.250. The molecule has 3 nitrogen and oxygen atoms in total. The molecule has 0 unspecified atom stereocenters. The zero-order chi connectivity index (χ0) is 8.55. The number of pyridine rings is 1. The number of nitrogens with zero attached hydrogens (tertiary/aromatic N) is 3. The van der Waals surface area contributed by atoms with E-state index in [0.717, 1.165) is 17.0 Å². The summed E-state index contributed by atoms with van der Waals surface area (Å²) in [6.07, 6.45) is 1.75. The number of aromatic nitrogens is 3. The highest BCUT2D eigenvalue weighted by molar-refractivity contribution is 6.16. The van der Waals surface area contributed by atoms with E-state index in [-0.39, 0.29) is 12.4 Å². The molecule has 2 heterocycles. The minimum Gasteiger partial charge on any atom is -0.315 e. The molecule has 2 rings (SSSR count). The number of fused-ring (bicyclic) bond motifs is 1. The van der Waals surface area contributed by atoms with E-state index in [1.54, 1.807) is 6.20 Å². The third kappa shape index (κ3) is 1.62. The summed E-state index contributed by atoms with van der Waals surface area (Å²) >= 11 is 5.69. The first-order valence-electron chi connectivity index (χ1n) is 3.65. The fourth-order valence-corrected chi connectivity index (χ4v) is 1.43. The fourth-order valence-electron chi connectivity index (χ4n) is 1.19. The van der Waals surface area contributed by atoms with Gasteiger partial charge in [0.1, 0.15) is 11.3 Å². The highest BCUT2D eigenvalue weighted by Crippen LogP contribution is 2.12. The second-order valence-corrected chi connectivity index (χ2v) is 2.83. The minimum absolute atomic E-state index is 0. The van der Waals surface area contributed by atoms with Crippen molar-refractivity contribution in [2.75, 3.05) is 0 Å². The second kappa shape index (κ2) is 3.94. The van der Waals surface area contributed by atoms with E-state index in [0.29, 0.717) is 5.88 Å². The molecule has 0 aliphatic rings. The van der Waals surface area contributed by atoms with Crippen molar-refractivity contribution in [2.24, 2.45) is 7.05 Å². The average Bonchev–Trinajstić information content (AvgIpc) is 2.44. The molecule has 0 atom stereocenters. The van der Waals surface area contributed by atoms with Crippen molar-refractivity contribution < 1.29 is 0 Å². The van der Waals surface area contributed by atoms with Gasteiger partial charge in [0.25, 0.3) is 0 Å². The summed E-state index contributed by atoms with van der Waals surface area (Å²) in [7, 11) is 1.92. The molecule has 0 saturated heterocycles. The van der Waals surface area contributed by atoms with Crippen LogP contribution in [0, 0.1) is 0 Å². The highest BCUT2D eigenvalue weighted by atomic mass is 35.5. The van der Waals surface area contributed by atoms with Gasteiger partial charge in [-0.3, -0.25) is 0 Å². The molecule has 0 aliphatic heterocycles. The summed E-state index contributed by atoms with van der Waals surface area (Å²) in [6.45, 7) is 0. The van der Waals surface area contributed by atoms with E-state index in [2.05, 4.69) is 9.97 Å². The van der Waals surface area contributed by atoms with Crippen molar-refractivity contribution in [1.29, 1.82) is 0 Å². The van der Waals surface area contributed by atoms with Gasteiger partial charge in [0.2, 0.25) is 0 Å². The number of halogens is 2. The lowest BCUT2D eigenvalue weighted by Gasteiger charge is -1.94. The maximum absolute atomic E-state index is 5.69. The van der Waals surface area contributed by atoms with Gasteiger partial charge in [-0.25, -0.2) is 9.97 Å². The van der Waals surface area contributed by atoms with Crippen molar-refractivity contribution >= 4 is 35.2 Å². The zero-order valence-corrected chi connectivity index (χ0v) is 8.64. The average molecular weight is 218 g/mol. The first-order chi connectivity index (χ1) is 5.83. The number of hydrogen-bond donors (Lipinski definition) is 0. The lowest BCUT2D eigenvalue weighted by molar-refractivity contribution is 0.863. The highest BCUT2D eigenvalue weighted by Gasteiger charge is 2.05. The molecule has 0 aliphatic carbocycles. The third-order valence-electron chi connectivity index (χ3n) is 1.84. The predicted molar refractivity (Wildman–Crippen MR) is 55.3 cm³/mol. The maximum Gasteiger partial charge on any atom is 0.159 e. The first-order valence-corrected chi connectivity index (χ1v) is 4.18. The van der Waals surface area contributed by atoms with E-state index < -0.39 is 0 Å². The van der Waals surface area contributed by atoms with E-state index in [1.165, 1.54) is 0 Å². The van der Waals surface area contributed by atoms with Crippen molar-refractivity contribution in [3.63, 3.8) is 0 Å². The van der Waals surface area contributed by atoms with Crippen LogP contribution in [-0.4, -0.2) is 14.5 Å². The minimum atomic E-state index is 0. The summed E-state index contributed by atoms with van der Waals surface area (Å²) < 4.78 is 1.91. The number of rotatable bonds is 1. The molecule has 2 aromatic heterocycles. The smallest absolute Gasteiger partial charge is 0.159 e. The van der Waals surface area contributed by atoms with Crippen LogP contribution >= 0.6 is 24.0 Å². The largest absolute Gasteiger partial charge is 0.315 e. The van der Waals surface area contributed by atoms with Crippen LogP contribution < -0.4 is 0 Å². The summed E-state index contributed by atoms with van der Waals surface area (Å²) in [5.74, 6) is 1.28. The number of hydrogen-bond acceptors (Lipinski definition) is 2. The van der Waals surface area contributed by atoms with Gasteiger partial charge in [0.05, 0.1) is 5.88 Å². The topological polar surface area (TPSA) is 30.7 Å². The molecule has 70 valence electrons. The Morgan fingerprint density at radius 2 is 2.31 bits per heavy atom. The standard InChI is InChI=1S/C8H8ClN3.ClH/c1-12-7(5-9)11-6-3-2-4-10-8(6)12;/h2-4H,5H2,1H3;1H. The van der Waals surface area contributed by atoms with Crippen molar-refractivity contribution in [2.45, 2.75) is 5.88 Å². The van der Waals surface area contributed by atoms with E-state index in [4.69, 9.17) is 11.6 Å². The van der Waals surface area contributed by atoms with Gasteiger partial charge in [-0.2, -0.15) is 0 Å². The Bertz CT molecular complexity index is 411. The van der Waals surface area contributed by atoms with Gasteiger partial charge < -0.3 is 4.57 Å². The molecule has 0 saturated carbocycles. The predicted octanol–water partition coefficient (Wildman–Crippen LogP) is 2.13. The Morgan fingerprint density at radius 1 is 1.54 bits per heavy atom. The van der Waals surface area contributed by atoms with Crippen molar-refractivity contribution in [3.05, 3.63) is 24.2 Å². The SMILES string of the molecule is Cl.Cn1c(CCl)nc2cccnc21. The number of alkyl halides is 1. The van der Waals surface area contributed by atoms with Gasteiger partial charge in [0, 0.05) is 13.2 Å². The summed E-state index contributed by atoms with van der Waals surface area (Å²) in [5, 5.41) is 0. The Morgan fingerprint density at radius 3 is 2.92 bits per heavy atom. The van der Waals surface area contributed by atoms with Gasteiger partial charge in [-0.05, 0) is 12.1 Å². The molecular formula is C8H9Cl2N3. The van der Waals surface area contributed by atoms with Crippen LogP contribution in [0.25, 0.3) is 11.2 Å². The van der Waals surface area contributed by atoms with Crippen molar-refractivity contribution in [1.82, 2.24) is 14.5 Å². The molecule has 0 fully saturated rings. The van der Waals surface area contributed by atoms with Crippen LogP contribution in [0.4, 0.5) is 0 Å². The molecule has 0 bridgehead atoms. The monoisotopic (exact) mass is 217 g/mol. The molecule has 0 spiro atoms. The van der Waals surface area contributed by atoms with Crippen LogP contribution in [0.1, 0.15) is 5.82 Å². The Hall–Kier alpha value is -0.800. The Balaban J connectivity index is 0.000000845. The van der Waals surface area contributed by atoms with Gasteiger partial charge in [0.15, 0.2) is 5.65 Å². The lowest BCUT2D eigenvalue weighted by Crippen LogP contribution is -1.94. The van der Waals surface area contributed by atoms with Gasteiger partial charge >= 0.3 is 0 Å². The summed E-state index contributed by atoms with van der Waals surface area (Å²) in [6, 6.07) is 3.80. The van der Waals surface area contributed by atoms with E-state index >= 15 is 0 Å². The van der Waals surface area contributed by atoms with Crippen LogP contribution in [0.5, 0.6) is 0 Å². The number of imidazole rings is 1. The normalized spacial score (nSPS) is 10.0. The zero-order valence-electron chi connectivity index (χ0n) is 7.07. The van der Waals surface area contributed by atoms with E-state index in [1.807, 2.05) is 23.7 Å².